The van der Waals surface area contributed by atoms with Gasteiger partial charge in [0.05, 0.1) is 35.8 Å². The van der Waals surface area contributed by atoms with Crippen LogP contribution in [-0.2, 0) is 6.18 Å². The van der Waals surface area contributed by atoms with Gasteiger partial charge in [-0.1, -0.05) is 0 Å². The van der Waals surface area contributed by atoms with E-state index in [1.165, 1.54) is 13.1 Å². The summed E-state index contributed by atoms with van der Waals surface area (Å²) in [4.78, 5) is 8.69. The quantitative estimate of drug-likeness (QED) is 0.705. The summed E-state index contributed by atoms with van der Waals surface area (Å²) < 4.78 is 40.5. The van der Waals surface area contributed by atoms with Crippen LogP contribution in [0.25, 0.3) is 22.4 Å². The van der Waals surface area contributed by atoms with E-state index in [9.17, 15) is 18.3 Å². The van der Waals surface area contributed by atoms with Crippen LogP contribution in [0.4, 0.5) is 13.2 Å². The van der Waals surface area contributed by atoms with Gasteiger partial charge in [-0.25, -0.2) is 9.97 Å². The van der Waals surface area contributed by atoms with E-state index < -0.39 is 17.5 Å². The number of nitriles is 1. The number of aryl methyl sites for hydroxylation is 1. The van der Waals surface area contributed by atoms with Gasteiger partial charge in [-0.15, -0.1) is 0 Å². The number of nitrogens with zero attached hydrogens (tertiary/aromatic N) is 5. The van der Waals surface area contributed by atoms with Crippen LogP contribution >= 0.6 is 0 Å². The summed E-state index contributed by atoms with van der Waals surface area (Å²) in [5, 5.41) is 23.7. The molecule has 1 aliphatic rings. The van der Waals surface area contributed by atoms with Crippen molar-refractivity contribution in [2.24, 2.45) is 5.92 Å². The van der Waals surface area contributed by atoms with Gasteiger partial charge in [0.1, 0.15) is 11.3 Å². The van der Waals surface area contributed by atoms with E-state index in [2.05, 4.69) is 21.1 Å². The van der Waals surface area contributed by atoms with Crippen LogP contribution in [0.5, 0.6) is 5.75 Å². The van der Waals surface area contributed by atoms with Crippen LogP contribution in [0.3, 0.4) is 0 Å². The molecule has 1 saturated carbocycles. The Bertz CT molecular complexity index is 1080. The van der Waals surface area contributed by atoms with Gasteiger partial charge >= 0.3 is 6.18 Å². The third kappa shape index (κ3) is 3.15. The first-order valence-electron chi connectivity index (χ1n) is 8.79. The van der Waals surface area contributed by atoms with Gasteiger partial charge in [-0.2, -0.15) is 23.5 Å². The van der Waals surface area contributed by atoms with Gasteiger partial charge in [0.2, 0.25) is 0 Å². The molecule has 0 spiro atoms. The summed E-state index contributed by atoms with van der Waals surface area (Å²) in [6.07, 6.45) is 1.01. The Morgan fingerprint density at radius 1 is 1.29 bits per heavy atom. The first-order valence-corrected chi connectivity index (χ1v) is 8.79. The van der Waals surface area contributed by atoms with Crippen LogP contribution in [0.1, 0.15) is 36.4 Å². The number of aromatic nitrogens is 4. The van der Waals surface area contributed by atoms with Gasteiger partial charge in [0, 0.05) is 11.5 Å². The highest BCUT2D eigenvalue weighted by molar-refractivity contribution is 5.77. The molecular formula is C19H16F3N5O. The minimum Gasteiger partial charge on any atom is -0.507 e. The van der Waals surface area contributed by atoms with Crippen molar-refractivity contribution in [3.05, 3.63) is 35.7 Å². The van der Waals surface area contributed by atoms with E-state index in [1.807, 2.05) is 0 Å². The highest BCUT2D eigenvalue weighted by Gasteiger charge is 2.32. The lowest BCUT2D eigenvalue weighted by Crippen LogP contribution is -2.06. The largest absolute Gasteiger partial charge is 0.507 e. The predicted molar refractivity (Wildman–Crippen MR) is 94.2 cm³/mol. The van der Waals surface area contributed by atoms with E-state index in [4.69, 9.17) is 5.26 Å². The maximum Gasteiger partial charge on any atom is 0.416 e. The van der Waals surface area contributed by atoms with Gasteiger partial charge in [0.25, 0.3) is 0 Å². The minimum atomic E-state index is -4.54. The van der Waals surface area contributed by atoms with E-state index in [0.717, 1.165) is 25.3 Å². The topological polar surface area (TPSA) is 87.6 Å². The molecule has 6 nitrogen and oxygen atoms in total. The Balaban J connectivity index is 1.72. The maximum atomic E-state index is 12.9. The average molecular weight is 387 g/mol. The van der Waals surface area contributed by atoms with Crippen molar-refractivity contribution in [1.82, 2.24) is 19.7 Å². The summed E-state index contributed by atoms with van der Waals surface area (Å²) in [7, 11) is 0. The summed E-state index contributed by atoms with van der Waals surface area (Å²) in [6.45, 7) is 1.48. The first kappa shape index (κ1) is 18.2. The zero-order valence-electron chi connectivity index (χ0n) is 14.9. The number of rotatable bonds is 2. The second-order valence-electron chi connectivity index (χ2n) is 7.05. The smallest absolute Gasteiger partial charge is 0.416 e. The molecule has 1 aromatic carbocycles. The van der Waals surface area contributed by atoms with E-state index in [-0.39, 0.29) is 28.8 Å². The van der Waals surface area contributed by atoms with Gasteiger partial charge in [0.15, 0.2) is 5.65 Å². The monoisotopic (exact) mass is 387 g/mol. The summed E-state index contributed by atoms with van der Waals surface area (Å²) in [5.74, 6) is -0.492. The Morgan fingerprint density at radius 3 is 2.71 bits per heavy atom. The molecule has 2 atom stereocenters. The molecule has 4 rings (SSSR count). The van der Waals surface area contributed by atoms with E-state index >= 15 is 0 Å². The molecule has 144 valence electrons. The lowest BCUT2D eigenvalue weighted by atomic mass is 10.0. The minimum absolute atomic E-state index is 0.0144. The zero-order chi connectivity index (χ0) is 20.1. The zero-order valence-corrected chi connectivity index (χ0v) is 14.9. The third-order valence-electron chi connectivity index (χ3n) is 5.11. The van der Waals surface area contributed by atoms with Crippen molar-refractivity contribution in [1.29, 1.82) is 5.26 Å². The van der Waals surface area contributed by atoms with Crippen molar-refractivity contribution in [2.45, 2.75) is 38.4 Å². The fraction of sp³-hybridized carbons (Fsp3) is 0.368. The van der Waals surface area contributed by atoms with Crippen LogP contribution in [0.2, 0.25) is 0 Å². The molecule has 3 aromatic rings. The lowest BCUT2D eigenvalue weighted by molar-refractivity contribution is -0.137. The molecule has 0 amide bonds. The Labute approximate surface area is 158 Å². The molecule has 0 bridgehead atoms. The second kappa shape index (κ2) is 6.48. The summed E-state index contributed by atoms with van der Waals surface area (Å²) in [6, 6.07) is 4.04. The molecule has 2 heterocycles. The fourth-order valence-electron chi connectivity index (χ4n) is 3.71. The lowest BCUT2D eigenvalue weighted by Gasteiger charge is -2.12. The van der Waals surface area contributed by atoms with Crippen molar-refractivity contribution in [3.8, 4) is 23.1 Å². The molecule has 0 saturated heterocycles. The summed E-state index contributed by atoms with van der Waals surface area (Å²) in [5.41, 5.74) is 0.667. The number of aromatic hydroxyl groups is 1. The van der Waals surface area contributed by atoms with Crippen LogP contribution in [0, 0.1) is 24.2 Å². The highest BCUT2D eigenvalue weighted by Crippen LogP contribution is 2.39. The standard InChI is InChI=1S/C19H16F3N5O/c1-10-4-12(19(20,21)22)6-16(28)17(10)14-8-24-15-9-27(26-18(15)25-14)13-3-2-11(5-13)7-23/h4,6,8-9,11,13,28H,2-3,5H2,1H3. The van der Waals surface area contributed by atoms with Crippen LogP contribution in [-0.4, -0.2) is 24.9 Å². The second-order valence-corrected chi connectivity index (χ2v) is 7.05. The Hall–Kier alpha value is -3.15. The van der Waals surface area contributed by atoms with Crippen LogP contribution in [0.15, 0.2) is 24.5 Å². The van der Waals surface area contributed by atoms with Gasteiger partial charge in [-0.05, 0) is 43.9 Å². The van der Waals surface area contributed by atoms with Crippen molar-refractivity contribution in [2.75, 3.05) is 0 Å². The number of fused-ring (bicyclic) bond motifs is 1. The molecular weight excluding hydrogens is 371 g/mol. The third-order valence-corrected chi connectivity index (χ3v) is 5.11. The molecule has 9 heteroatoms. The Kier molecular flexibility index (Phi) is 4.22. The van der Waals surface area contributed by atoms with Gasteiger partial charge in [-0.3, -0.25) is 4.68 Å². The maximum absolute atomic E-state index is 12.9. The molecule has 2 unspecified atom stereocenters. The number of phenolic OH excluding ortho intramolecular Hbond substituents is 1. The molecule has 28 heavy (non-hydrogen) atoms. The number of benzene rings is 1. The normalized spacial score (nSPS) is 19.8. The SMILES string of the molecule is Cc1cc(C(F)(F)F)cc(O)c1-c1cnc2cn(C3CCC(C#N)C3)nc2n1. The fourth-order valence-corrected chi connectivity index (χ4v) is 3.71. The number of halogens is 3. The average Bonchev–Trinajstić information content (AvgIpc) is 3.26. The molecule has 1 N–H and O–H groups in total. The molecule has 1 fully saturated rings. The number of hydrogen-bond acceptors (Lipinski definition) is 5. The van der Waals surface area contributed by atoms with Gasteiger partial charge < -0.3 is 5.11 Å². The number of hydrogen-bond donors (Lipinski definition) is 1. The number of phenols is 1. The van der Waals surface area contributed by atoms with Crippen molar-refractivity contribution >= 4 is 11.2 Å². The van der Waals surface area contributed by atoms with Crippen LogP contribution < -0.4 is 0 Å². The molecule has 0 aliphatic heterocycles. The molecule has 2 aromatic heterocycles. The van der Waals surface area contributed by atoms with Crippen molar-refractivity contribution in [3.63, 3.8) is 0 Å². The summed E-state index contributed by atoms with van der Waals surface area (Å²) >= 11 is 0. The first-order chi connectivity index (χ1) is 13.3. The number of alkyl halides is 3. The molecule has 1 aliphatic carbocycles. The van der Waals surface area contributed by atoms with E-state index in [0.29, 0.717) is 17.2 Å². The van der Waals surface area contributed by atoms with Crippen molar-refractivity contribution < 1.29 is 18.3 Å². The highest BCUT2D eigenvalue weighted by atomic mass is 19.4. The predicted octanol–water partition coefficient (Wildman–Crippen LogP) is 4.39. The van der Waals surface area contributed by atoms with E-state index in [1.54, 1.807) is 10.9 Å². The molecule has 0 radical (unpaired) electrons. The Morgan fingerprint density at radius 2 is 2.07 bits per heavy atom.